The average molecular weight is 565 g/mol. The number of carbonyl (C=O) groups is 5. The lowest BCUT2D eigenvalue weighted by Gasteiger charge is -2.26. The van der Waals surface area contributed by atoms with Gasteiger partial charge in [-0.3, -0.25) is 24.2 Å². The number of nitrogens with zero attached hydrogens (tertiary/aromatic N) is 1. The lowest BCUT2D eigenvalue weighted by Crippen LogP contribution is -2.57. The molecular weight excluding hydrogens is 524 g/mol. The topological polar surface area (TPSA) is 278 Å². The molecule has 1 aromatic rings. The monoisotopic (exact) mass is 564 g/mol. The number of rotatable bonds is 17. The quantitative estimate of drug-likeness (QED) is 0.0558. The molecule has 0 aliphatic rings. The highest BCUT2D eigenvalue weighted by Gasteiger charge is 2.31. The van der Waals surface area contributed by atoms with Crippen LogP contribution in [0.4, 0.5) is 0 Å². The zero-order chi connectivity index (χ0) is 30.4. The third-order valence-corrected chi connectivity index (χ3v) is 5.67. The molecule has 0 aromatic heterocycles. The van der Waals surface area contributed by atoms with Gasteiger partial charge in [0.25, 0.3) is 0 Å². The number of carboxylic acid groups (broad SMARTS) is 1. The summed E-state index contributed by atoms with van der Waals surface area (Å²) in [6.07, 6.45) is 0.0184. The first kappa shape index (κ1) is 33.6. The van der Waals surface area contributed by atoms with Crippen LogP contribution >= 0.6 is 0 Å². The van der Waals surface area contributed by atoms with Gasteiger partial charge in [0.2, 0.25) is 23.6 Å². The number of guanidine groups is 1. The van der Waals surface area contributed by atoms with Crippen molar-refractivity contribution in [2.24, 2.45) is 33.8 Å². The Kier molecular flexibility index (Phi) is 13.9. The van der Waals surface area contributed by atoms with E-state index in [1.807, 2.05) is 0 Å². The summed E-state index contributed by atoms with van der Waals surface area (Å²) in [5.41, 5.74) is 22.5. The molecule has 40 heavy (non-hydrogen) atoms. The number of nitrogens with one attached hydrogen (secondary N) is 3. The van der Waals surface area contributed by atoms with Crippen LogP contribution in [0.5, 0.6) is 5.75 Å². The molecule has 0 bridgehead atoms. The maximum atomic E-state index is 13.3. The number of carbonyl (C=O) groups excluding carboxylic acids is 4. The van der Waals surface area contributed by atoms with Gasteiger partial charge >= 0.3 is 5.97 Å². The van der Waals surface area contributed by atoms with Crippen molar-refractivity contribution in [2.75, 3.05) is 6.54 Å². The van der Waals surface area contributed by atoms with Crippen LogP contribution in [0, 0.1) is 5.92 Å². The van der Waals surface area contributed by atoms with Crippen molar-refractivity contribution >= 4 is 35.6 Å². The molecule has 0 heterocycles. The Labute approximate surface area is 232 Å². The van der Waals surface area contributed by atoms with Crippen LogP contribution in [-0.2, 0) is 30.4 Å². The second-order valence-electron chi connectivity index (χ2n) is 9.75. The molecule has 13 N–H and O–H groups in total. The summed E-state index contributed by atoms with van der Waals surface area (Å²) in [5, 5.41) is 26.2. The van der Waals surface area contributed by atoms with Crippen LogP contribution in [0.15, 0.2) is 29.3 Å². The van der Waals surface area contributed by atoms with Gasteiger partial charge in [-0.1, -0.05) is 26.0 Å². The van der Waals surface area contributed by atoms with Gasteiger partial charge in [-0.05, 0) is 49.3 Å². The molecule has 4 unspecified atom stereocenters. The van der Waals surface area contributed by atoms with Crippen molar-refractivity contribution in [2.45, 2.75) is 70.1 Å². The van der Waals surface area contributed by atoms with Crippen LogP contribution in [-0.4, -0.2) is 76.5 Å². The second-order valence-corrected chi connectivity index (χ2v) is 9.75. The zero-order valence-corrected chi connectivity index (χ0v) is 22.6. The largest absolute Gasteiger partial charge is 0.508 e. The first-order valence-electron chi connectivity index (χ1n) is 12.7. The standard InChI is InChI=1S/C25H40N8O7/c1-13(2)10-18(23(38)33-19(24(39)40)12-20(27)35)32-22(37)17(4-3-9-30-25(28)29)31-21(36)16(26)11-14-5-7-15(34)8-6-14/h5-8,13,16-19,34H,3-4,9-12,26H2,1-2H3,(H2,27,35)(H,31,36)(H,32,37)(H,33,38)(H,39,40)(H4,28,29,30). The Morgan fingerprint density at radius 2 is 1.43 bits per heavy atom. The van der Waals surface area contributed by atoms with Crippen molar-refractivity contribution in [3.63, 3.8) is 0 Å². The first-order valence-corrected chi connectivity index (χ1v) is 12.7. The number of aromatic hydroxyl groups is 1. The maximum Gasteiger partial charge on any atom is 0.326 e. The van der Waals surface area contributed by atoms with Crippen LogP contribution < -0.4 is 38.9 Å². The number of aliphatic imine (C=N–C) groups is 1. The van der Waals surface area contributed by atoms with Crippen LogP contribution in [0.2, 0.25) is 0 Å². The molecule has 4 atom stereocenters. The van der Waals surface area contributed by atoms with Gasteiger partial charge in [0.15, 0.2) is 5.96 Å². The van der Waals surface area contributed by atoms with Gasteiger partial charge in [0, 0.05) is 6.54 Å². The Bertz CT molecular complexity index is 1060. The fourth-order valence-corrected chi connectivity index (χ4v) is 3.68. The van der Waals surface area contributed by atoms with E-state index in [1.54, 1.807) is 26.0 Å². The number of aliphatic carboxylic acids is 1. The number of phenols is 1. The Morgan fingerprint density at radius 1 is 0.875 bits per heavy atom. The van der Waals surface area contributed by atoms with Gasteiger partial charge in [0.05, 0.1) is 12.5 Å². The third kappa shape index (κ3) is 12.9. The van der Waals surface area contributed by atoms with E-state index < -0.39 is 60.2 Å². The number of hydrogen-bond acceptors (Lipinski definition) is 8. The molecule has 222 valence electrons. The predicted octanol–water partition coefficient (Wildman–Crippen LogP) is -2.22. The predicted molar refractivity (Wildman–Crippen MR) is 146 cm³/mol. The number of primary amides is 1. The van der Waals surface area contributed by atoms with Crippen LogP contribution in [0.1, 0.15) is 45.1 Å². The van der Waals surface area contributed by atoms with Gasteiger partial charge in [0.1, 0.15) is 23.9 Å². The van der Waals surface area contributed by atoms with E-state index in [-0.39, 0.29) is 43.4 Å². The number of phenolic OH excluding ortho intramolecular Hbond substituents is 1. The van der Waals surface area contributed by atoms with Gasteiger partial charge in [-0.2, -0.15) is 0 Å². The van der Waals surface area contributed by atoms with E-state index in [2.05, 4.69) is 20.9 Å². The third-order valence-electron chi connectivity index (χ3n) is 5.67. The summed E-state index contributed by atoms with van der Waals surface area (Å²) in [6.45, 7) is 3.76. The summed E-state index contributed by atoms with van der Waals surface area (Å²) in [6, 6.07) is 1.22. The normalized spacial score (nSPS) is 13.8. The summed E-state index contributed by atoms with van der Waals surface area (Å²) >= 11 is 0. The fraction of sp³-hybridized carbons (Fsp3) is 0.520. The van der Waals surface area contributed by atoms with E-state index >= 15 is 0 Å². The van der Waals surface area contributed by atoms with E-state index in [0.29, 0.717) is 12.0 Å². The first-order chi connectivity index (χ1) is 18.7. The minimum Gasteiger partial charge on any atom is -0.508 e. The van der Waals surface area contributed by atoms with E-state index in [1.165, 1.54) is 12.1 Å². The van der Waals surface area contributed by atoms with Crippen molar-refractivity contribution in [1.82, 2.24) is 16.0 Å². The molecule has 0 aliphatic carbocycles. The lowest BCUT2D eigenvalue weighted by molar-refractivity contribution is -0.144. The van der Waals surface area contributed by atoms with Crippen molar-refractivity contribution in [1.29, 1.82) is 0 Å². The molecular formula is C25H40N8O7. The zero-order valence-electron chi connectivity index (χ0n) is 22.6. The lowest BCUT2D eigenvalue weighted by atomic mass is 10.0. The van der Waals surface area contributed by atoms with Crippen LogP contribution in [0.3, 0.4) is 0 Å². The number of amides is 4. The van der Waals surface area contributed by atoms with Crippen molar-refractivity contribution in [3.8, 4) is 5.75 Å². The van der Waals surface area contributed by atoms with Crippen LogP contribution in [0.25, 0.3) is 0 Å². The molecule has 0 fully saturated rings. The van der Waals surface area contributed by atoms with Crippen molar-refractivity contribution in [3.05, 3.63) is 29.8 Å². The molecule has 0 saturated carbocycles. The average Bonchev–Trinajstić information content (AvgIpc) is 2.85. The number of carboxylic acids is 1. The summed E-state index contributed by atoms with van der Waals surface area (Å²) in [5.74, 6) is -4.74. The molecule has 15 nitrogen and oxygen atoms in total. The molecule has 4 amide bonds. The summed E-state index contributed by atoms with van der Waals surface area (Å²) in [7, 11) is 0. The molecule has 15 heteroatoms. The fourth-order valence-electron chi connectivity index (χ4n) is 3.68. The van der Waals surface area contributed by atoms with Crippen molar-refractivity contribution < 1.29 is 34.2 Å². The molecule has 1 aromatic carbocycles. The molecule has 0 aliphatic heterocycles. The Hall–Kier alpha value is -4.40. The highest BCUT2D eigenvalue weighted by molar-refractivity contribution is 5.95. The number of benzene rings is 1. The number of hydrogen-bond donors (Lipinski definition) is 9. The number of nitrogens with two attached hydrogens (primary N) is 4. The minimum absolute atomic E-state index is 0.0589. The van der Waals surface area contributed by atoms with Gasteiger partial charge in [-0.15, -0.1) is 0 Å². The minimum atomic E-state index is -1.58. The molecule has 0 spiro atoms. The SMILES string of the molecule is CC(C)CC(NC(=O)C(CCCN=C(N)N)NC(=O)C(N)Cc1ccc(O)cc1)C(=O)NC(CC(N)=O)C(=O)O. The maximum absolute atomic E-state index is 13.3. The summed E-state index contributed by atoms with van der Waals surface area (Å²) < 4.78 is 0. The molecule has 0 radical (unpaired) electrons. The highest BCUT2D eigenvalue weighted by atomic mass is 16.4. The second kappa shape index (κ2) is 16.5. The molecule has 1 rings (SSSR count). The Morgan fingerprint density at radius 3 is 1.95 bits per heavy atom. The van der Waals surface area contributed by atoms with E-state index in [0.717, 1.165) is 0 Å². The van der Waals surface area contributed by atoms with Gasteiger partial charge in [-0.25, -0.2) is 4.79 Å². The molecule has 0 saturated heterocycles. The Balaban J connectivity index is 3.05. The highest BCUT2D eigenvalue weighted by Crippen LogP contribution is 2.12. The van der Waals surface area contributed by atoms with E-state index in [9.17, 15) is 34.2 Å². The summed E-state index contributed by atoms with van der Waals surface area (Å²) in [4.78, 5) is 65.6. The van der Waals surface area contributed by atoms with Gasteiger partial charge < -0.3 is 49.1 Å². The van der Waals surface area contributed by atoms with E-state index in [4.69, 9.17) is 22.9 Å². The smallest absolute Gasteiger partial charge is 0.326 e.